The number of hydrogen-bond acceptors (Lipinski definition) is 11. The van der Waals surface area contributed by atoms with Crippen LogP contribution in [0.4, 0.5) is 18.0 Å². The first-order chi connectivity index (χ1) is 25.4. The van der Waals surface area contributed by atoms with E-state index < -0.39 is 42.1 Å². The third-order valence-corrected chi connectivity index (χ3v) is 10.1. The van der Waals surface area contributed by atoms with E-state index in [1.807, 2.05) is 11.8 Å². The van der Waals surface area contributed by atoms with Gasteiger partial charge in [0.05, 0.1) is 44.9 Å². The number of urea groups is 1. The highest BCUT2D eigenvalue weighted by molar-refractivity contribution is 8.00. The second-order valence-electron chi connectivity index (χ2n) is 12.6. The summed E-state index contributed by atoms with van der Waals surface area (Å²) in [4.78, 5) is 60.0. The zero-order chi connectivity index (χ0) is 38.3. The lowest BCUT2D eigenvalue weighted by molar-refractivity contribution is -0.166. The number of ether oxygens (including phenoxy) is 3. The molecule has 294 valence electrons. The van der Waals surface area contributed by atoms with Crippen molar-refractivity contribution in [1.82, 2.24) is 26.6 Å². The number of nitrogens with one attached hydrogen (secondary N) is 5. The van der Waals surface area contributed by atoms with Crippen LogP contribution in [0.5, 0.6) is 0 Å². The molecule has 0 radical (unpaired) electrons. The van der Waals surface area contributed by atoms with Crippen LogP contribution < -0.4 is 26.6 Å². The third kappa shape index (κ3) is 13.1. The minimum Gasteiger partial charge on any atom is -0.481 e. The number of carbonyl (C=O) groups excluding carboxylic acids is 4. The monoisotopic (exact) mass is 773 g/mol. The highest BCUT2D eigenvalue weighted by Gasteiger charge is 2.65. The van der Waals surface area contributed by atoms with Crippen LogP contribution in [-0.4, -0.2) is 123 Å². The van der Waals surface area contributed by atoms with Gasteiger partial charge in [0, 0.05) is 54.9 Å². The summed E-state index contributed by atoms with van der Waals surface area (Å²) in [6.07, 6.45) is -1.15. The molecule has 0 spiro atoms. The van der Waals surface area contributed by atoms with E-state index in [2.05, 4.69) is 36.8 Å². The Kier molecular flexibility index (Phi) is 16.1. The number of amides is 5. The topological polar surface area (TPSA) is 218 Å². The van der Waals surface area contributed by atoms with Crippen LogP contribution in [0.25, 0.3) is 0 Å². The maximum atomic E-state index is 13.2. The van der Waals surface area contributed by atoms with E-state index in [9.17, 15) is 42.3 Å². The van der Waals surface area contributed by atoms with Crippen LogP contribution in [0.15, 0.2) is 34.5 Å². The second kappa shape index (κ2) is 20.4. The zero-order valence-corrected chi connectivity index (χ0v) is 29.9. The van der Waals surface area contributed by atoms with Gasteiger partial charge in [-0.3, -0.25) is 19.2 Å². The molecule has 2 saturated heterocycles. The van der Waals surface area contributed by atoms with Crippen LogP contribution >= 0.6 is 11.8 Å². The molecule has 20 heteroatoms. The molecule has 3 aliphatic heterocycles. The molecule has 4 atom stereocenters. The van der Waals surface area contributed by atoms with E-state index in [0.29, 0.717) is 64.1 Å². The Morgan fingerprint density at radius 3 is 2.13 bits per heavy atom. The lowest BCUT2D eigenvalue weighted by atomic mass is 10.0. The molecule has 5 amide bonds. The van der Waals surface area contributed by atoms with Gasteiger partial charge in [-0.2, -0.15) is 24.9 Å². The highest BCUT2D eigenvalue weighted by atomic mass is 32.2. The summed E-state index contributed by atoms with van der Waals surface area (Å²) in [5.41, 5.74) is -2.98. The summed E-state index contributed by atoms with van der Waals surface area (Å²) in [7, 11) is 0. The van der Waals surface area contributed by atoms with E-state index in [-0.39, 0.29) is 48.3 Å². The standard InChI is InChI=1S/C33H46F3N7O9S/c34-33(35,36)32(42-43-32)22-9-7-21(8-10-22)29(47)39-23(19-27(45)46)30(48)38-12-4-14-51-16-18-52-17-15-50-13-3-11-37-26(44)6-2-1-5-25-28-24(20-53-25)40-31(49)41-28/h7-10,23-25,28H,1-6,11-20H2,(H,37,44)(H,38,48)(H,39,47)(H,45,46)(H2,40,41,49)/t23-,24-,25-,28-/m0/s1. The van der Waals surface area contributed by atoms with Crippen molar-refractivity contribution in [2.45, 2.75) is 80.2 Å². The fraction of sp³-hybridized carbons (Fsp3) is 0.667. The minimum absolute atomic E-state index is 0.0211. The molecule has 4 rings (SSSR count). The van der Waals surface area contributed by atoms with Crippen LogP contribution in [0.2, 0.25) is 0 Å². The van der Waals surface area contributed by atoms with Crippen molar-refractivity contribution in [3.63, 3.8) is 0 Å². The maximum absolute atomic E-state index is 13.2. The summed E-state index contributed by atoms with van der Waals surface area (Å²) >= 11 is 1.87. The molecule has 6 N–H and O–H groups in total. The first-order valence-corrected chi connectivity index (χ1v) is 18.5. The average Bonchev–Trinajstić information content (AvgIpc) is 3.75. The first kappa shape index (κ1) is 41.7. The molecule has 0 aromatic heterocycles. The normalized spacial score (nSPS) is 20.2. The molecule has 0 saturated carbocycles. The van der Waals surface area contributed by atoms with Gasteiger partial charge >= 0.3 is 23.8 Å². The van der Waals surface area contributed by atoms with Crippen molar-refractivity contribution >= 4 is 41.5 Å². The summed E-state index contributed by atoms with van der Waals surface area (Å²) in [6, 6.07) is 3.22. The van der Waals surface area contributed by atoms with Gasteiger partial charge in [-0.15, -0.1) is 10.2 Å². The highest BCUT2D eigenvalue weighted by Crippen LogP contribution is 2.52. The molecule has 0 unspecified atom stereocenters. The number of unbranched alkanes of at least 4 members (excludes halogenated alkanes) is 1. The van der Waals surface area contributed by atoms with Gasteiger partial charge in [0.1, 0.15) is 6.04 Å². The van der Waals surface area contributed by atoms with Crippen LogP contribution in [-0.2, 0) is 34.3 Å². The number of thioether (sulfide) groups is 1. The van der Waals surface area contributed by atoms with Crippen LogP contribution in [0.1, 0.15) is 60.9 Å². The van der Waals surface area contributed by atoms with Crippen molar-refractivity contribution in [2.24, 2.45) is 10.2 Å². The van der Waals surface area contributed by atoms with Crippen molar-refractivity contribution in [2.75, 3.05) is 58.5 Å². The molecule has 1 aromatic rings. The molecular weight excluding hydrogens is 727 g/mol. The lowest BCUT2D eigenvalue weighted by Gasteiger charge is -2.18. The molecule has 2 fully saturated rings. The number of hydrogen-bond donors (Lipinski definition) is 6. The number of nitrogens with zero attached hydrogens (tertiary/aromatic N) is 2. The number of halogens is 3. The van der Waals surface area contributed by atoms with Crippen molar-refractivity contribution in [3.8, 4) is 0 Å². The van der Waals surface area contributed by atoms with E-state index >= 15 is 0 Å². The van der Waals surface area contributed by atoms with Gasteiger partial charge in [0.2, 0.25) is 11.8 Å². The number of rotatable bonds is 25. The Morgan fingerprint density at radius 2 is 1.53 bits per heavy atom. The minimum atomic E-state index is -4.72. The fourth-order valence-corrected chi connectivity index (χ4v) is 7.28. The Morgan fingerprint density at radius 1 is 0.906 bits per heavy atom. The van der Waals surface area contributed by atoms with Gasteiger partial charge in [-0.05, 0) is 37.8 Å². The molecule has 3 heterocycles. The second-order valence-corrected chi connectivity index (χ2v) is 13.9. The van der Waals surface area contributed by atoms with Gasteiger partial charge in [-0.1, -0.05) is 18.6 Å². The fourth-order valence-electron chi connectivity index (χ4n) is 5.74. The molecule has 3 aliphatic rings. The number of carboxylic acid groups (broad SMARTS) is 1. The molecular formula is C33H46F3N7O9S. The van der Waals surface area contributed by atoms with Gasteiger partial charge in [-0.25, -0.2) is 4.79 Å². The van der Waals surface area contributed by atoms with E-state index in [1.54, 1.807) is 0 Å². The number of benzene rings is 1. The summed E-state index contributed by atoms with van der Waals surface area (Å²) < 4.78 is 56.0. The maximum Gasteiger partial charge on any atom is 0.442 e. The van der Waals surface area contributed by atoms with Crippen molar-refractivity contribution in [1.29, 1.82) is 0 Å². The zero-order valence-electron chi connectivity index (χ0n) is 29.1. The third-order valence-electron chi connectivity index (χ3n) is 8.62. The van der Waals surface area contributed by atoms with Crippen molar-refractivity contribution in [3.05, 3.63) is 35.4 Å². The van der Waals surface area contributed by atoms with E-state index in [1.165, 1.54) is 0 Å². The summed E-state index contributed by atoms with van der Waals surface area (Å²) in [5, 5.41) is 29.5. The van der Waals surface area contributed by atoms with E-state index in [4.69, 9.17) is 14.2 Å². The number of aliphatic carboxylic acids is 1. The summed E-state index contributed by atoms with van der Waals surface area (Å²) in [6.45, 7) is 2.82. The number of alkyl halides is 3. The Hall–Kier alpha value is -4.01. The largest absolute Gasteiger partial charge is 0.481 e. The number of carboxylic acids is 1. The molecule has 1 aromatic carbocycles. The van der Waals surface area contributed by atoms with Gasteiger partial charge in [0.15, 0.2) is 0 Å². The molecule has 0 aliphatic carbocycles. The SMILES string of the molecule is O=C(O)C[C@H](NC(=O)c1ccc(C2(C(F)(F)F)N=N2)cc1)C(=O)NCCCOCCOCCOCCCNC(=O)CCCC[C@@H]1SC[C@@H]2NC(=O)N[C@@H]21. The van der Waals surface area contributed by atoms with E-state index in [0.717, 1.165) is 49.3 Å². The number of carbonyl (C=O) groups is 5. The molecule has 16 nitrogen and oxygen atoms in total. The molecule has 53 heavy (non-hydrogen) atoms. The van der Waals surface area contributed by atoms with Crippen molar-refractivity contribution < 1.29 is 56.5 Å². The Bertz CT molecular complexity index is 1430. The lowest BCUT2D eigenvalue weighted by Crippen LogP contribution is -2.48. The Labute approximate surface area is 308 Å². The summed E-state index contributed by atoms with van der Waals surface area (Å²) in [5.74, 6) is -1.96. The Balaban J connectivity index is 0.940. The number of fused-ring (bicyclic) bond motifs is 1. The quantitative estimate of drug-likeness (QED) is 0.0629. The smallest absolute Gasteiger partial charge is 0.442 e. The first-order valence-electron chi connectivity index (χ1n) is 17.5. The van der Waals surface area contributed by atoms with Crippen LogP contribution in [0, 0.1) is 0 Å². The van der Waals surface area contributed by atoms with Gasteiger partial charge in [0.25, 0.3) is 5.91 Å². The predicted molar refractivity (Wildman–Crippen MR) is 184 cm³/mol. The van der Waals surface area contributed by atoms with Gasteiger partial charge < -0.3 is 45.9 Å². The predicted octanol–water partition coefficient (Wildman–Crippen LogP) is 2.23. The molecule has 0 bridgehead atoms. The average molecular weight is 774 g/mol. The van der Waals surface area contributed by atoms with Crippen LogP contribution in [0.3, 0.4) is 0 Å².